The van der Waals surface area contributed by atoms with Gasteiger partial charge in [-0.05, 0) is 79.9 Å². The number of methoxy groups -OCH3 is 1. The highest BCUT2D eigenvalue weighted by Crippen LogP contribution is 2.59. The molecule has 0 amide bonds. The number of hydrogen-bond acceptors (Lipinski definition) is 4. The van der Waals surface area contributed by atoms with E-state index in [0.29, 0.717) is 31.8 Å². The number of aryl methyl sites for hydroxylation is 1. The van der Waals surface area contributed by atoms with E-state index in [1.54, 1.807) is 7.11 Å². The van der Waals surface area contributed by atoms with Crippen LogP contribution in [0.5, 0.6) is 11.5 Å². The SMILES string of the molecule is CCOC(=O)CCc1cc(OC)c(OCC)cc1C[P+](c1ccccc1)(c1ccccc1)c1ccccc1. The van der Waals surface area contributed by atoms with E-state index in [2.05, 4.69) is 97.1 Å². The quantitative estimate of drug-likeness (QED) is 0.165. The van der Waals surface area contributed by atoms with Crippen LogP contribution in [0.1, 0.15) is 31.4 Å². The van der Waals surface area contributed by atoms with Crippen molar-refractivity contribution in [1.82, 2.24) is 0 Å². The number of carbonyl (C=O) groups excluding carboxylic acids is 1. The predicted molar refractivity (Wildman–Crippen MR) is 158 cm³/mol. The first-order valence-electron chi connectivity index (χ1n) is 13.2. The molecule has 0 aromatic heterocycles. The van der Waals surface area contributed by atoms with Crippen molar-refractivity contribution in [3.05, 3.63) is 114 Å². The lowest BCUT2D eigenvalue weighted by Crippen LogP contribution is -2.32. The summed E-state index contributed by atoms with van der Waals surface area (Å²) in [5, 5.41) is 3.92. The Bertz CT molecular complexity index is 1210. The van der Waals surface area contributed by atoms with Gasteiger partial charge in [0.2, 0.25) is 0 Å². The van der Waals surface area contributed by atoms with E-state index in [9.17, 15) is 4.79 Å². The Morgan fingerprint density at radius 2 is 1.18 bits per heavy atom. The van der Waals surface area contributed by atoms with Crippen LogP contribution in [0.25, 0.3) is 0 Å². The minimum atomic E-state index is -2.14. The highest BCUT2D eigenvalue weighted by atomic mass is 31.2. The second-order valence-electron chi connectivity index (χ2n) is 8.98. The molecule has 0 aliphatic heterocycles. The number of ether oxygens (including phenoxy) is 3. The largest absolute Gasteiger partial charge is 0.493 e. The van der Waals surface area contributed by atoms with Crippen molar-refractivity contribution in [2.75, 3.05) is 20.3 Å². The third-order valence-corrected chi connectivity index (χ3v) is 11.0. The molecule has 0 fully saturated rings. The van der Waals surface area contributed by atoms with E-state index in [4.69, 9.17) is 14.2 Å². The maximum Gasteiger partial charge on any atom is 0.306 e. The van der Waals surface area contributed by atoms with Gasteiger partial charge in [-0.25, -0.2) is 0 Å². The lowest BCUT2D eigenvalue weighted by Gasteiger charge is -2.29. The highest BCUT2D eigenvalue weighted by molar-refractivity contribution is 7.95. The lowest BCUT2D eigenvalue weighted by molar-refractivity contribution is -0.143. The van der Waals surface area contributed by atoms with Crippen LogP contribution in [0.4, 0.5) is 0 Å². The van der Waals surface area contributed by atoms with E-state index in [1.165, 1.54) is 15.9 Å². The van der Waals surface area contributed by atoms with Crippen molar-refractivity contribution >= 4 is 29.1 Å². The third kappa shape index (κ3) is 6.09. The fourth-order valence-electron chi connectivity index (χ4n) is 4.95. The van der Waals surface area contributed by atoms with Crippen LogP contribution >= 0.6 is 7.26 Å². The van der Waals surface area contributed by atoms with Crippen molar-refractivity contribution in [3.63, 3.8) is 0 Å². The molecule has 5 heteroatoms. The van der Waals surface area contributed by atoms with Gasteiger partial charge < -0.3 is 14.2 Å². The average Bonchev–Trinajstić information content (AvgIpc) is 2.97. The summed E-state index contributed by atoms with van der Waals surface area (Å²) in [7, 11) is -0.482. The zero-order valence-corrected chi connectivity index (χ0v) is 23.3. The van der Waals surface area contributed by atoms with E-state index < -0.39 is 7.26 Å². The van der Waals surface area contributed by atoms with Gasteiger partial charge >= 0.3 is 5.97 Å². The van der Waals surface area contributed by atoms with Gasteiger partial charge in [-0.2, -0.15) is 0 Å². The Hall–Kier alpha value is -3.62. The summed E-state index contributed by atoms with van der Waals surface area (Å²) in [4.78, 5) is 12.3. The monoisotopic (exact) mass is 527 g/mol. The van der Waals surface area contributed by atoms with Crippen LogP contribution in [-0.2, 0) is 22.1 Å². The summed E-state index contributed by atoms with van der Waals surface area (Å²) in [6, 6.07) is 36.6. The average molecular weight is 528 g/mol. The fourth-order valence-corrected chi connectivity index (χ4v) is 9.24. The molecule has 0 atom stereocenters. The molecular weight excluding hydrogens is 491 g/mol. The van der Waals surface area contributed by atoms with Gasteiger partial charge in [0.15, 0.2) is 11.5 Å². The van der Waals surface area contributed by atoms with Gasteiger partial charge in [0, 0.05) is 6.42 Å². The standard InChI is InChI=1S/C33H36O4P/c1-4-36-32-24-27(26(23-31(32)35-3)21-22-33(34)37-5-2)25-38(28-15-9-6-10-16-28,29-17-11-7-12-18-29)30-19-13-8-14-20-30/h6-20,23-24H,4-5,21-22,25H2,1-3H3/q+1. The molecule has 0 aliphatic rings. The first kappa shape index (κ1) is 27.4. The molecule has 0 unspecified atom stereocenters. The molecule has 0 aliphatic carbocycles. The lowest BCUT2D eigenvalue weighted by atomic mass is 10.0. The Morgan fingerprint density at radius 3 is 1.63 bits per heavy atom. The molecule has 0 heterocycles. The van der Waals surface area contributed by atoms with Gasteiger partial charge in [-0.3, -0.25) is 4.79 Å². The fraction of sp³-hybridized carbons (Fsp3) is 0.242. The Balaban J connectivity index is 1.94. The Morgan fingerprint density at radius 1 is 0.684 bits per heavy atom. The van der Waals surface area contributed by atoms with E-state index in [0.717, 1.165) is 23.0 Å². The molecule has 0 saturated heterocycles. The van der Waals surface area contributed by atoms with Crippen molar-refractivity contribution in [2.24, 2.45) is 0 Å². The molecule has 0 saturated carbocycles. The third-order valence-electron chi connectivity index (χ3n) is 6.69. The second-order valence-corrected chi connectivity index (χ2v) is 12.5. The topological polar surface area (TPSA) is 44.8 Å². The summed E-state index contributed by atoms with van der Waals surface area (Å²) in [5.74, 6) is 1.20. The number of hydrogen-bond donors (Lipinski definition) is 0. The predicted octanol–water partition coefficient (Wildman–Crippen LogP) is 6.08. The van der Waals surface area contributed by atoms with Crippen molar-refractivity contribution in [2.45, 2.75) is 32.9 Å². The number of benzene rings is 4. The van der Waals surface area contributed by atoms with E-state index in [-0.39, 0.29) is 5.97 Å². The normalized spacial score (nSPS) is 11.1. The molecule has 0 spiro atoms. The summed E-state index contributed by atoms with van der Waals surface area (Å²) in [6.07, 6.45) is 1.66. The second kappa shape index (κ2) is 13.3. The number of carbonyl (C=O) groups is 1. The maximum absolute atomic E-state index is 12.3. The van der Waals surface area contributed by atoms with Crippen molar-refractivity contribution < 1.29 is 19.0 Å². The minimum absolute atomic E-state index is 0.193. The number of rotatable bonds is 12. The molecule has 38 heavy (non-hydrogen) atoms. The molecular formula is C33H36O4P+. The van der Waals surface area contributed by atoms with Crippen LogP contribution in [0.2, 0.25) is 0 Å². The van der Waals surface area contributed by atoms with Crippen LogP contribution < -0.4 is 25.4 Å². The molecule has 4 rings (SSSR count). The highest BCUT2D eigenvalue weighted by Gasteiger charge is 2.46. The van der Waals surface area contributed by atoms with Crippen molar-refractivity contribution in [1.29, 1.82) is 0 Å². The van der Waals surface area contributed by atoms with Crippen molar-refractivity contribution in [3.8, 4) is 11.5 Å². The maximum atomic E-state index is 12.3. The molecule has 4 aromatic carbocycles. The van der Waals surface area contributed by atoms with Crippen LogP contribution in [0.3, 0.4) is 0 Å². The van der Waals surface area contributed by atoms with Crippen LogP contribution in [0.15, 0.2) is 103 Å². The number of esters is 1. The molecule has 0 N–H and O–H groups in total. The Labute approximate surface area is 226 Å². The van der Waals surface area contributed by atoms with Gasteiger partial charge in [-0.15, -0.1) is 0 Å². The zero-order chi connectivity index (χ0) is 26.8. The van der Waals surface area contributed by atoms with Gasteiger partial charge in [0.1, 0.15) is 23.2 Å². The molecule has 196 valence electrons. The van der Waals surface area contributed by atoms with E-state index >= 15 is 0 Å². The van der Waals surface area contributed by atoms with Gasteiger partial charge in [-0.1, -0.05) is 54.6 Å². The van der Waals surface area contributed by atoms with Crippen LogP contribution in [-0.4, -0.2) is 26.3 Å². The first-order valence-corrected chi connectivity index (χ1v) is 15.1. The molecule has 0 bridgehead atoms. The summed E-state index contributed by atoms with van der Waals surface area (Å²) in [5.41, 5.74) is 2.23. The first-order chi connectivity index (χ1) is 18.6. The summed E-state index contributed by atoms with van der Waals surface area (Å²) < 4.78 is 17.0. The molecule has 4 nitrogen and oxygen atoms in total. The van der Waals surface area contributed by atoms with Gasteiger partial charge in [0.05, 0.1) is 26.5 Å². The van der Waals surface area contributed by atoms with Crippen LogP contribution in [0, 0.1) is 0 Å². The summed E-state index contributed by atoms with van der Waals surface area (Å²) in [6.45, 7) is 4.72. The smallest absolute Gasteiger partial charge is 0.306 e. The minimum Gasteiger partial charge on any atom is -0.493 e. The molecule has 4 aromatic rings. The summed E-state index contributed by atoms with van der Waals surface area (Å²) >= 11 is 0. The Kier molecular flexibility index (Phi) is 9.56. The molecule has 0 radical (unpaired) electrons. The van der Waals surface area contributed by atoms with E-state index in [1.807, 2.05) is 19.9 Å². The van der Waals surface area contributed by atoms with Gasteiger partial charge in [0.25, 0.3) is 0 Å². The zero-order valence-electron chi connectivity index (χ0n) is 22.4.